The van der Waals surface area contributed by atoms with Gasteiger partial charge in [-0.1, -0.05) is 36.4 Å². The van der Waals surface area contributed by atoms with E-state index in [9.17, 15) is 4.79 Å². The smallest absolute Gasteiger partial charge is 0.250 e. The van der Waals surface area contributed by atoms with E-state index in [1.54, 1.807) is 13.1 Å². The Balaban J connectivity index is 0.00000480. The molecule has 0 aliphatic heterocycles. The molecule has 2 aromatic rings. The third kappa shape index (κ3) is 9.86. The van der Waals surface area contributed by atoms with E-state index >= 15 is 0 Å². The van der Waals surface area contributed by atoms with Gasteiger partial charge in [0, 0.05) is 51.0 Å². The van der Waals surface area contributed by atoms with Crippen molar-refractivity contribution in [3.8, 4) is 0 Å². The number of pyridine rings is 1. The molecule has 7 heteroatoms. The van der Waals surface area contributed by atoms with E-state index in [1.165, 1.54) is 5.56 Å². The molecule has 1 heterocycles. The van der Waals surface area contributed by atoms with Crippen LogP contribution in [0, 0.1) is 6.92 Å². The second-order valence-electron chi connectivity index (χ2n) is 7.83. The molecule has 0 aliphatic rings. The Hall–Kier alpha value is -1.87. The molecule has 0 saturated heterocycles. The van der Waals surface area contributed by atoms with Crippen LogP contribution in [0.5, 0.6) is 0 Å². The molecule has 0 aliphatic carbocycles. The third-order valence-corrected chi connectivity index (χ3v) is 5.47. The summed E-state index contributed by atoms with van der Waals surface area (Å²) in [5.74, 6) is 0.834. The van der Waals surface area contributed by atoms with Gasteiger partial charge < -0.3 is 15.2 Å². The van der Waals surface area contributed by atoms with E-state index in [1.807, 2.05) is 23.6 Å². The average molecular weight is 540 g/mol. The van der Waals surface area contributed by atoms with Gasteiger partial charge in [-0.3, -0.25) is 14.7 Å². The minimum atomic E-state index is 0. The molecule has 0 radical (unpaired) electrons. The van der Waals surface area contributed by atoms with Crippen molar-refractivity contribution in [3.63, 3.8) is 0 Å². The standard InChI is InChI=1S/C24H37N5O.HI/c1-20(28(4)19-22-12-6-5-7-13-22)15-17-27-24(25-3)26-16-8-9-18-29-21(2)11-10-14-23(29)30;/h5-7,10-14,20H,8-9,15-19H2,1-4H3,(H2,25,26,27);1H. The van der Waals surface area contributed by atoms with Crippen LogP contribution in [0.15, 0.2) is 58.3 Å². The first-order valence-corrected chi connectivity index (χ1v) is 10.9. The van der Waals surface area contributed by atoms with Crippen molar-refractivity contribution in [1.82, 2.24) is 20.1 Å². The second kappa shape index (κ2) is 15.0. The summed E-state index contributed by atoms with van der Waals surface area (Å²) in [4.78, 5) is 18.6. The van der Waals surface area contributed by atoms with Crippen LogP contribution in [0.1, 0.15) is 37.4 Å². The maximum atomic E-state index is 11.9. The first kappa shape index (κ1) is 27.2. The molecule has 0 bridgehead atoms. The molecule has 1 aromatic carbocycles. The van der Waals surface area contributed by atoms with Crippen LogP contribution >= 0.6 is 24.0 Å². The molecule has 1 unspecified atom stereocenters. The topological polar surface area (TPSA) is 61.7 Å². The lowest BCUT2D eigenvalue weighted by atomic mass is 10.1. The first-order chi connectivity index (χ1) is 14.5. The predicted octanol–water partition coefficient (Wildman–Crippen LogP) is 3.63. The monoisotopic (exact) mass is 539 g/mol. The molecule has 0 amide bonds. The summed E-state index contributed by atoms with van der Waals surface area (Å²) in [5, 5.41) is 6.77. The Morgan fingerprint density at radius 1 is 1.06 bits per heavy atom. The number of hydrogen-bond donors (Lipinski definition) is 2. The normalized spacial score (nSPS) is 12.4. The van der Waals surface area contributed by atoms with Gasteiger partial charge in [-0.05, 0) is 51.8 Å². The SMILES string of the molecule is CN=C(NCCCCn1c(C)cccc1=O)NCCC(C)N(C)Cc1ccccc1.I. The summed E-state index contributed by atoms with van der Waals surface area (Å²) in [6.07, 6.45) is 2.98. The van der Waals surface area contributed by atoms with Crippen LogP contribution in [-0.2, 0) is 13.1 Å². The van der Waals surface area contributed by atoms with Gasteiger partial charge in [-0.2, -0.15) is 0 Å². The van der Waals surface area contributed by atoms with Gasteiger partial charge in [-0.25, -0.2) is 0 Å². The van der Waals surface area contributed by atoms with Crippen LogP contribution in [0.4, 0.5) is 0 Å². The number of aliphatic imine (C=N–C) groups is 1. The Morgan fingerprint density at radius 3 is 2.45 bits per heavy atom. The highest BCUT2D eigenvalue weighted by Gasteiger charge is 2.09. The lowest BCUT2D eigenvalue weighted by Gasteiger charge is -2.25. The Morgan fingerprint density at radius 2 is 1.77 bits per heavy atom. The zero-order valence-electron chi connectivity index (χ0n) is 19.3. The van der Waals surface area contributed by atoms with Crippen molar-refractivity contribution >= 4 is 29.9 Å². The van der Waals surface area contributed by atoms with E-state index in [2.05, 4.69) is 64.8 Å². The third-order valence-electron chi connectivity index (χ3n) is 5.47. The minimum absolute atomic E-state index is 0. The van der Waals surface area contributed by atoms with Gasteiger partial charge in [0.25, 0.3) is 5.56 Å². The zero-order chi connectivity index (χ0) is 21.8. The van der Waals surface area contributed by atoms with E-state index in [-0.39, 0.29) is 29.5 Å². The summed E-state index contributed by atoms with van der Waals surface area (Å²) < 4.78 is 1.83. The summed E-state index contributed by atoms with van der Waals surface area (Å²) in [6, 6.07) is 16.5. The number of halogens is 1. The van der Waals surface area contributed by atoms with E-state index < -0.39 is 0 Å². The van der Waals surface area contributed by atoms with Gasteiger partial charge in [-0.15, -0.1) is 24.0 Å². The highest BCUT2D eigenvalue weighted by atomic mass is 127. The molecular weight excluding hydrogens is 501 g/mol. The van der Waals surface area contributed by atoms with Crippen molar-refractivity contribution in [2.45, 2.75) is 52.2 Å². The molecule has 1 atom stereocenters. The number of benzene rings is 1. The fourth-order valence-corrected chi connectivity index (χ4v) is 3.38. The lowest BCUT2D eigenvalue weighted by molar-refractivity contribution is 0.238. The van der Waals surface area contributed by atoms with Crippen molar-refractivity contribution < 1.29 is 0 Å². The number of hydrogen-bond acceptors (Lipinski definition) is 3. The maximum Gasteiger partial charge on any atom is 0.250 e. The summed E-state index contributed by atoms with van der Waals surface area (Å²) in [5.41, 5.74) is 2.43. The number of aromatic nitrogens is 1. The number of aryl methyl sites for hydroxylation is 1. The summed E-state index contributed by atoms with van der Waals surface area (Å²) in [7, 11) is 3.97. The summed E-state index contributed by atoms with van der Waals surface area (Å²) >= 11 is 0. The first-order valence-electron chi connectivity index (χ1n) is 10.9. The number of nitrogens with one attached hydrogen (secondary N) is 2. The van der Waals surface area contributed by atoms with Gasteiger partial charge in [0.1, 0.15) is 0 Å². The van der Waals surface area contributed by atoms with Crippen molar-refractivity contribution in [2.24, 2.45) is 4.99 Å². The van der Waals surface area contributed by atoms with Crippen molar-refractivity contribution in [1.29, 1.82) is 0 Å². The quantitative estimate of drug-likeness (QED) is 0.198. The van der Waals surface area contributed by atoms with Gasteiger partial charge >= 0.3 is 0 Å². The lowest BCUT2D eigenvalue weighted by Crippen LogP contribution is -2.40. The number of unbranched alkanes of at least 4 members (excludes halogenated alkanes) is 1. The van der Waals surface area contributed by atoms with Crippen molar-refractivity contribution in [2.75, 3.05) is 27.2 Å². The number of rotatable bonds is 11. The molecule has 2 rings (SSSR count). The minimum Gasteiger partial charge on any atom is -0.356 e. The van der Waals surface area contributed by atoms with E-state index in [4.69, 9.17) is 0 Å². The van der Waals surface area contributed by atoms with Crippen LogP contribution in [0.25, 0.3) is 0 Å². The maximum absolute atomic E-state index is 11.9. The average Bonchev–Trinajstić information content (AvgIpc) is 2.74. The van der Waals surface area contributed by atoms with E-state index in [0.717, 1.165) is 57.1 Å². The van der Waals surface area contributed by atoms with Crippen LogP contribution < -0.4 is 16.2 Å². The predicted molar refractivity (Wildman–Crippen MR) is 141 cm³/mol. The van der Waals surface area contributed by atoms with Crippen LogP contribution in [-0.4, -0.2) is 48.7 Å². The van der Waals surface area contributed by atoms with Crippen LogP contribution in [0.2, 0.25) is 0 Å². The highest BCUT2D eigenvalue weighted by Crippen LogP contribution is 2.07. The number of guanidine groups is 1. The van der Waals surface area contributed by atoms with Crippen LogP contribution in [0.3, 0.4) is 0 Å². The van der Waals surface area contributed by atoms with Gasteiger partial charge in [0.15, 0.2) is 5.96 Å². The van der Waals surface area contributed by atoms with E-state index in [0.29, 0.717) is 6.04 Å². The highest BCUT2D eigenvalue weighted by molar-refractivity contribution is 14.0. The molecule has 31 heavy (non-hydrogen) atoms. The molecule has 172 valence electrons. The molecular formula is C24H38IN5O. The Labute approximate surface area is 204 Å². The zero-order valence-corrected chi connectivity index (χ0v) is 21.6. The molecule has 2 N–H and O–H groups in total. The fourth-order valence-electron chi connectivity index (χ4n) is 3.38. The Kier molecular flexibility index (Phi) is 13.2. The number of nitrogens with zero attached hydrogens (tertiary/aromatic N) is 3. The molecule has 0 saturated carbocycles. The molecule has 0 fully saturated rings. The largest absolute Gasteiger partial charge is 0.356 e. The molecule has 6 nitrogen and oxygen atoms in total. The van der Waals surface area contributed by atoms with Gasteiger partial charge in [0.2, 0.25) is 0 Å². The molecule has 1 aromatic heterocycles. The molecule has 0 spiro atoms. The fraction of sp³-hybridized carbons (Fsp3) is 0.500. The second-order valence-corrected chi connectivity index (χ2v) is 7.83. The Bertz CT molecular complexity index is 837. The van der Waals surface area contributed by atoms with Crippen molar-refractivity contribution in [3.05, 3.63) is 70.1 Å². The summed E-state index contributed by atoms with van der Waals surface area (Å²) in [6.45, 7) is 7.66. The van der Waals surface area contributed by atoms with Gasteiger partial charge in [0.05, 0.1) is 0 Å².